The Morgan fingerprint density at radius 1 is 1.33 bits per heavy atom. The van der Waals surface area contributed by atoms with Gasteiger partial charge in [-0.3, -0.25) is 0 Å². The smallest absolute Gasteiger partial charge is 0.0584 e. The third-order valence-corrected chi connectivity index (χ3v) is 3.63. The molecule has 0 spiro atoms. The second kappa shape index (κ2) is 3.08. The summed E-state index contributed by atoms with van der Waals surface area (Å²) in [4.78, 5) is 0. The van der Waals surface area contributed by atoms with Crippen molar-refractivity contribution in [2.45, 2.75) is 4.21 Å². The topological polar surface area (TPSA) is 26.0 Å². The predicted octanol–water partition coefficient (Wildman–Crippen LogP) is 3.38. The molecule has 0 aliphatic heterocycles. The van der Waals surface area contributed by atoms with E-state index in [0.717, 1.165) is 14.6 Å². The van der Waals surface area contributed by atoms with Crippen LogP contribution in [0.3, 0.4) is 0 Å². The fraction of sp³-hybridized carbons (Fsp3) is 0. The molecule has 2 rings (SSSR count). The van der Waals surface area contributed by atoms with Crippen molar-refractivity contribution in [2.75, 3.05) is 5.73 Å². The molecule has 0 aliphatic carbocycles. The molecule has 2 N–H and O–H groups in total. The van der Waals surface area contributed by atoms with Gasteiger partial charge in [0, 0.05) is 3.57 Å². The normalized spacial score (nSPS) is 10.8. The van der Waals surface area contributed by atoms with E-state index in [2.05, 4.69) is 41.3 Å². The number of benzene rings is 1. The Morgan fingerprint density at radius 2 is 2.08 bits per heavy atom. The van der Waals surface area contributed by atoms with E-state index < -0.39 is 0 Å². The van der Waals surface area contributed by atoms with E-state index in [-0.39, 0.29) is 0 Å². The lowest BCUT2D eigenvalue weighted by atomic mass is 10.2. The third kappa shape index (κ3) is 1.43. The van der Waals surface area contributed by atoms with Crippen LogP contribution < -0.4 is 5.73 Å². The standard InChI is InChI=1S/C8H6INS2/c9-5-1-4-2-7(11)12-8(4)6(10)3-5/h1-3,11H,10H2. The zero-order chi connectivity index (χ0) is 8.72. The van der Waals surface area contributed by atoms with Crippen molar-refractivity contribution in [3.8, 4) is 0 Å². The van der Waals surface area contributed by atoms with Gasteiger partial charge in [0.1, 0.15) is 0 Å². The molecular formula is C8H6INS2. The molecule has 0 radical (unpaired) electrons. The highest BCUT2D eigenvalue weighted by atomic mass is 127. The van der Waals surface area contributed by atoms with Crippen molar-refractivity contribution < 1.29 is 0 Å². The van der Waals surface area contributed by atoms with E-state index in [9.17, 15) is 0 Å². The number of hydrogen-bond acceptors (Lipinski definition) is 3. The van der Waals surface area contributed by atoms with Gasteiger partial charge in [0.25, 0.3) is 0 Å². The van der Waals surface area contributed by atoms with Gasteiger partial charge in [0.05, 0.1) is 14.6 Å². The number of anilines is 1. The molecule has 0 saturated carbocycles. The summed E-state index contributed by atoms with van der Waals surface area (Å²) in [6, 6.07) is 6.14. The van der Waals surface area contributed by atoms with Crippen LogP contribution in [0.5, 0.6) is 0 Å². The number of nitrogens with two attached hydrogens (primary N) is 1. The summed E-state index contributed by atoms with van der Waals surface area (Å²) in [5.41, 5.74) is 6.69. The Balaban J connectivity index is 2.88. The second-order valence-corrected chi connectivity index (χ2v) is 5.58. The maximum absolute atomic E-state index is 5.84. The van der Waals surface area contributed by atoms with Crippen molar-refractivity contribution in [1.82, 2.24) is 0 Å². The van der Waals surface area contributed by atoms with Gasteiger partial charge in [-0.2, -0.15) is 0 Å². The summed E-state index contributed by atoms with van der Waals surface area (Å²) in [5.74, 6) is 0. The van der Waals surface area contributed by atoms with Gasteiger partial charge in [-0.25, -0.2) is 0 Å². The van der Waals surface area contributed by atoms with Crippen LogP contribution in [0.15, 0.2) is 22.4 Å². The van der Waals surface area contributed by atoms with Crippen LogP contribution in [-0.2, 0) is 0 Å². The number of thiophene rings is 1. The van der Waals surface area contributed by atoms with Crippen molar-refractivity contribution in [3.05, 3.63) is 21.8 Å². The molecule has 4 heteroatoms. The fourth-order valence-electron chi connectivity index (χ4n) is 1.13. The van der Waals surface area contributed by atoms with Crippen LogP contribution in [-0.4, -0.2) is 0 Å². The second-order valence-electron chi connectivity index (χ2n) is 2.50. The third-order valence-electron chi connectivity index (χ3n) is 1.60. The largest absolute Gasteiger partial charge is 0.398 e. The Morgan fingerprint density at radius 3 is 2.83 bits per heavy atom. The minimum atomic E-state index is 0.849. The molecule has 0 atom stereocenters. The quantitative estimate of drug-likeness (QED) is 0.435. The minimum Gasteiger partial charge on any atom is -0.398 e. The first kappa shape index (κ1) is 8.65. The van der Waals surface area contributed by atoms with E-state index >= 15 is 0 Å². The first-order valence-electron chi connectivity index (χ1n) is 3.34. The summed E-state index contributed by atoms with van der Waals surface area (Å²) < 4.78 is 3.32. The number of rotatable bonds is 0. The van der Waals surface area contributed by atoms with Gasteiger partial charge >= 0.3 is 0 Å². The summed E-state index contributed by atoms with van der Waals surface area (Å²) >= 11 is 8.17. The lowest BCUT2D eigenvalue weighted by Crippen LogP contribution is -1.84. The highest BCUT2D eigenvalue weighted by Gasteiger charge is 2.03. The molecule has 0 unspecified atom stereocenters. The van der Waals surface area contributed by atoms with E-state index in [4.69, 9.17) is 5.73 Å². The van der Waals surface area contributed by atoms with E-state index in [1.165, 1.54) is 8.96 Å². The lowest BCUT2D eigenvalue weighted by Gasteiger charge is -1.95. The highest BCUT2D eigenvalue weighted by molar-refractivity contribution is 14.1. The van der Waals surface area contributed by atoms with E-state index in [0.29, 0.717) is 0 Å². The molecule has 0 saturated heterocycles. The molecule has 0 aliphatic rings. The number of fused-ring (bicyclic) bond motifs is 1. The maximum Gasteiger partial charge on any atom is 0.0584 e. The molecular weight excluding hydrogens is 301 g/mol. The monoisotopic (exact) mass is 307 g/mol. The van der Waals surface area contributed by atoms with Gasteiger partial charge < -0.3 is 5.73 Å². The number of nitrogen functional groups attached to an aromatic ring is 1. The SMILES string of the molecule is Nc1cc(I)cc2cc(S)sc12. The van der Waals surface area contributed by atoms with Gasteiger partial charge in [-0.1, -0.05) is 0 Å². The lowest BCUT2D eigenvalue weighted by molar-refractivity contribution is 1.72. The van der Waals surface area contributed by atoms with Gasteiger partial charge in [-0.15, -0.1) is 24.0 Å². The van der Waals surface area contributed by atoms with Gasteiger partial charge in [0.15, 0.2) is 0 Å². The molecule has 0 amide bonds. The average molecular weight is 307 g/mol. The molecule has 1 aromatic heterocycles. The van der Waals surface area contributed by atoms with Crippen molar-refractivity contribution in [3.63, 3.8) is 0 Å². The number of thiol groups is 1. The van der Waals surface area contributed by atoms with Crippen LogP contribution in [0.4, 0.5) is 5.69 Å². The first-order chi connectivity index (χ1) is 5.66. The molecule has 12 heavy (non-hydrogen) atoms. The first-order valence-corrected chi connectivity index (χ1v) is 5.68. The molecule has 2 aromatic rings. The van der Waals surface area contributed by atoms with E-state index in [1.54, 1.807) is 11.3 Å². The van der Waals surface area contributed by atoms with Crippen molar-refractivity contribution in [2.24, 2.45) is 0 Å². The number of halogens is 1. The van der Waals surface area contributed by atoms with Crippen LogP contribution in [0, 0.1) is 3.57 Å². The molecule has 1 aromatic carbocycles. The summed E-state index contributed by atoms with van der Waals surface area (Å²) in [5, 5.41) is 1.19. The maximum atomic E-state index is 5.84. The Bertz CT molecular complexity index is 436. The Kier molecular flexibility index (Phi) is 2.22. The fourth-order valence-corrected chi connectivity index (χ4v) is 3.02. The molecule has 1 nitrogen and oxygen atoms in total. The molecule has 0 bridgehead atoms. The van der Waals surface area contributed by atoms with Crippen LogP contribution in [0.25, 0.3) is 10.1 Å². The summed E-state index contributed by atoms with van der Waals surface area (Å²) in [6.07, 6.45) is 0. The van der Waals surface area contributed by atoms with Crippen molar-refractivity contribution >= 4 is 62.3 Å². The minimum absolute atomic E-state index is 0.849. The van der Waals surface area contributed by atoms with Crippen LogP contribution in [0.1, 0.15) is 0 Å². The summed E-state index contributed by atoms with van der Waals surface area (Å²) in [7, 11) is 0. The zero-order valence-electron chi connectivity index (χ0n) is 6.04. The number of hydrogen-bond donors (Lipinski definition) is 2. The van der Waals surface area contributed by atoms with Crippen LogP contribution >= 0.6 is 46.6 Å². The summed E-state index contributed by atoms with van der Waals surface area (Å²) in [6.45, 7) is 0. The average Bonchev–Trinajstić information content (AvgIpc) is 2.29. The molecule has 0 fully saturated rings. The zero-order valence-corrected chi connectivity index (χ0v) is 9.91. The Hall–Kier alpha value is 0.0600. The van der Waals surface area contributed by atoms with Crippen LogP contribution in [0.2, 0.25) is 0 Å². The predicted molar refractivity (Wildman–Crippen MR) is 66.2 cm³/mol. The Labute approximate surface area is 93.5 Å². The molecule has 62 valence electrons. The highest BCUT2D eigenvalue weighted by Crippen LogP contribution is 2.33. The molecule has 1 heterocycles. The van der Waals surface area contributed by atoms with Gasteiger partial charge in [-0.05, 0) is 46.2 Å². The van der Waals surface area contributed by atoms with Gasteiger partial charge in [0.2, 0.25) is 0 Å². The van der Waals surface area contributed by atoms with E-state index in [1.807, 2.05) is 12.1 Å². The van der Waals surface area contributed by atoms with Crippen molar-refractivity contribution in [1.29, 1.82) is 0 Å².